The van der Waals surface area contributed by atoms with Gasteiger partial charge in [-0.3, -0.25) is 4.68 Å². The first-order valence-corrected chi connectivity index (χ1v) is 10.6. The predicted octanol–water partition coefficient (Wildman–Crippen LogP) is 2.54. The molecule has 0 radical (unpaired) electrons. The third kappa shape index (κ3) is 4.11. The van der Waals surface area contributed by atoms with E-state index in [-0.39, 0.29) is 12.0 Å². The maximum Gasteiger partial charge on any atom is 0.0999 e. The second-order valence-corrected chi connectivity index (χ2v) is 8.09. The Morgan fingerprint density at radius 1 is 1.32 bits per heavy atom. The molecule has 9 nitrogen and oxygen atoms in total. The molecule has 3 aromatic heterocycles. The van der Waals surface area contributed by atoms with E-state index in [2.05, 4.69) is 29.4 Å². The first-order valence-electron chi connectivity index (χ1n) is 10.6. The molecule has 0 unspecified atom stereocenters. The molecule has 0 spiro atoms. The summed E-state index contributed by atoms with van der Waals surface area (Å²) in [7, 11) is 0. The van der Waals surface area contributed by atoms with E-state index in [4.69, 9.17) is 15.1 Å². The number of hydrogen-bond donors (Lipinski definition) is 3. The lowest BCUT2D eigenvalue weighted by atomic mass is 9.87. The van der Waals surface area contributed by atoms with Crippen LogP contribution in [0.2, 0.25) is 0 Å². The van der Waals surface area contributed by atoms with Gasteiger partial charge in [-0.15, -0.1) is 0 Å². The van der Waals surface area contributed by atoms with Crippen LogP contribution in [0.3, 0.4) is 0 Å². The first-order chi connectivity index (χ1) is 15.1. The minimum Gasteiger partial charge on any atom is -0.396 e. The van der Waals surface area contributed by atoms with Crippen molar-refractivity contribution in [2.24, 2.45) is 5.41 Å². The van der Waals surface area contributed by atoms with Gasteiger partial charge >= 0.3 is 0 Å². The highest BCUT2D eigenvalue weighted by molar-refractivity contribution is 6.07. The average Bonchev–Trinajstić information content (AvgIpc) is 3.43. The summed E-state index contributed by atoms with van der Waals surface area (Å²) in [6.07, 6.45) is 12.5. The van der Waals surface area contributed by atoms with Gasteiger partial charge in [-0.2, -0.15) is 10.2 Å². The summed E-state index contributed by atoms with van der Waals surface area (Å²) in [5, 5.41) is 29.7. The van der Waals surface area contributed by atoms with E-state index in [1.54, 1.807) is 16.9 Å². The molecule has 0 atom stereocenters. The van der Waals surface area contributed by atoms with Crippen molar-refractivity contribution in [3.63, 3.8) is 0 Å². The number of fused-ring (bicyclic) bond motifs is 1. The van der Waals surface area contributed by atoms with Crippen molar-refractivity contribution in [3.8, 4) is 11.3 Å². The zero-order valence-electron chi connectivity index (χ0n) is 18.0. The largest absolute Gasteiger partial charge is 0.396 e. The molecule has 0 bridgehead atoms. The number of aliphatic hydroxyl groups excluding tert-OH is 1. The molecule has 9 heteroatoms. The molecule has 164 valence electrons. The molecule has 3 N–H and O–H groups in total. The summed E-state index contributed by atoms with van der Waals surface area (Å²) < 4.78 is 9.02. The van der Waals surface area contributed by atoms with Crippen molar-refractivity contribution >= 4 is 17.3 Å². The second kappa shape index (κ2) is 8.99. The van der Waals surface area contributed by atoms with Crippen LogP contribution in [0, 0.1) is 10.8 Å². The van der Waals surface area contributed by atoms with Gasteiger partial charge in [-0.1, -0.05) is 13.8 Å². The highest BCUT2D eigenvalue weighted by Gasteiger charge is 2.37. The zero-order chi connectivity index (χ0) is 21.8. The number of nitrogens with zero attached hydrogens (tertiary/aromatic N) is 5. The number of aromatic nitrogens is 5. The fourth-order valence-electron chi connectivity index (χ4n) is 3.81. The van der Waals surface area contributed by atoms with Gasteiger partial charge in [0.1, 0.15) is 0 Å². The van der Waals surface area contributed by atoms with Crippen molar-refractivity contribution in [2.45, 2.75) is 32.7 Å². The van der Waals surface area contributed by atoms with E-state index in [0.717, 1.165) is 29.6 Å². The number of aliphatic hydroxyl groups is 1. The van der Waals surface area contributed by atoms with Crippen LogP contribution in [-0.2, 0) is 4.74 Å². The Balaban J connectivity index is 1.66. The summed E-state index contributed by atoms with van der Waals surface area (Å²) in [6, 6.07) is 2.28. The number of ether oxygens (including phenoxy) is 1. The summed E-state index contributed by atoms with van der Waals surface area (Å²) >= 11 is 0. The fourth-order valence-corrected chi connectivity index (χ4v) is 3.81. The monoisotopic (exact) mass is 423 g/mol. The van der Waals surface area contributed by atoms with E-state index in [9.17, 15) is 5.11 Å². The lowest BCUT2D eigenvalue weighted by Crippen LogP contribution is -2.51. The maximum absolute atomic E-state index is 9.59. The van der Waals surface area contributed by atoms with E-state index in [1.165, 1.54) is 6.21 Å². The van der Waals surface area contributed by atoms with Crippen LogP contribution >= 0.6 is 0 Å². The molecule has 1 fully saturated rings. The summed E-state index contributed by atoms with van der Waals surface area (Å²) in [4.78, 5) is 4.86. The van der Waals surface area contributed by atoms with Gasteiger partial charge in [0.25, 0.3) is 0 Å². The van der Waals surface area contributed by atoms with Crippen LogP contribution in [0.1, 0.15) is 38.4 Å². The molecule has 0 aromatic carbocycles. The van der Waals surface area contributed by atoms with Crippen LogP contribution < -0.4 is 5.32 Å². The summed E-state index contributed by atoms with van der Waals surface area (Å²) in [5.41, 5.74) is 3.58. The lowest BCUT2D eigenvalue weighted by molar-refractivity contribution is -0.133. The van der Waals surface area contributed by atoms with E-state index in [0.29, 0.717) is 37.1 Å². The van der Waals surface area contributed by atoms with Gasteiger partial charge in [0.15, 0.2) is 0 Å². The Morgan fingerprint density at radius 3 is 2.77 bits per heavy atom. The minimum atomic E-state index is -0.252. The Labute approximate surface area is 181 Å². The summed E-state index contributed by atoms with van der Waals surface area (Å²) in [5.74, 6) is 0. The standard InChI is InChI=1S/C22H29N7O2/c1-3-18(4-2)28-10-17(9-26-28)21-20-5-6-25-29(20)11-19(27-21)16(7-23)8-24-12-22(13-30)14-31-15-22/h5-11,18,23-24,30H,3-4,12-15H2,1-2H3/b16-8+,23-7?. The van der Waals surface area contributed by atoms with Crippen molar-refractivity contribution in [2.75, 3.05) is 26.4 Å². The smallest absolute Gasteiger partial charge is 0.0999 e. The molecule has 4 heterocycles. The fraction of sp³-hybridized carbons (Fsp3) is 0.455. The first kappa shape index (κ1) is 21.2. The average molecular weight is 424 g/mol. The zero-order valence-corrected chi connectivity index (χ0v) is 18.0. The molecule has 0 amide bonds. The second-order valence-electron chi connectivity index (χ2n) is 8.09. The van der Waals surface area contributed by atoms with Crippen molar-refractivity contribution in [1.29, 1.82) is 5.41 Å². The number of rotatable bonds is 10. The third-order valence-electron chi connectivity index (χ3n) is 5.92. The molecular formula is C22H29N7O2. The van der Waals surface area contributed by atoms with Gasteiger partial charge < -0.3 is 20.6 Å². The van der Waals surface area contributed by atoms with Gasteiger partial charge in [0.05, 0.1) is 66.8 Å². The van der Waals surface area contributed by atoms with Crippen molar-refractivity contribution in [3.05, 3.63) is 42.7 Å². The van der Waals surface area contributed by atoms with E-state index < -0.39 is 0 Å². The Hall–Kier alpha value is -3.04. The van der Waals surface area contributed by atoms with E-state index in [1.807, 2.05) is 29.3 Å². The van der Waals surface area contributed by atoms with Crippen molar-refractivity contribution in [1.82, 2.24) is 29.7 Å². The Bertz CT molecular complexity index is 1070. The van der Waals surface area contributed by atoms with Crippen LogP contribution in [0.4, 0.5) is 0 Å². The molecule has 1 aliphatic heterocycles. The molecule has 4 rings (SSSR count). The summed E-state index contributed by atoms with van der Waals surface area (Å²) in [6.45, 7) is 6.03. The van der Waals surface area contributed by atoms with Crippen LogP contribution in [-0.4, -0.2) is 62.1 Å². The molecule has 0 aliphatic carbocycles. The molecule has 1 saturated heterocycles. The lowest BCUT2D eigenvalue weighted by Gasteiger charge is -2.39. The van der Waals surface area contributed by atoms with Crippen LogP contribution in [0.15, 0.2) is 37.1 Å². The molecular weight excluding hydrogens is 394 g/mol. The molecule has 31 heavy (non-hydrogen) atoms. The molecule has 0 saturated carbocycles. The quantitative estimate of drug-likeness (QED) is 0.432. The highest BCUT2D eigenvalue weighted by Crippen LogP contribution is 2.27. The van der Waals surface area contributed by atoms with Crippen molar-refractivity contribution < 1.29 is 9.84 Å². The van der Waals surface area contributed by atoms with E-state index >= 15 is 0 Å². The van der Waals surface area contributed by atoms with Crippen LogP contribution in [0.25, 0.3) is 22.3 Å². The SMILES string of the molecule is CCC(CC)n1cc(-c2nc(/C(C=N)=C/NCC3(CO)COC3)cn3nccc23)cn1. The molecule has 3 aromatic rings. The highest BCUT2D eigenvalue weighted by atomic mass is 16.5. The van der Waals surface area contributed by atoms with Gasteiger partial charge in [-0.25, -0.2) is 9.50 Å². The number of hydrogen-bond acceptors (Lipinski definition) is 7. The normalized spacial score (nSPS) is 15.9. The Kier molecular flexibility index (Phi) is 6.15. The Morgan fingerprint density at radius 2 is 2.13 bits per heavy atom. The molecule has 1 aliphatic rings. The topological polar surface area (TPSA) is 113 Å². The minimum absolute atomic E-state index is 0.0654. The van der Waals surface area contributed by atoms with Gasteiger partial charge in [-0.05, 0) is 18.9 Å². The third-order valence-corrected chi connectivity index (χ3v) is 5.92. The maximum atomic E-state index is 9.59. The number of allylic oxidation sites excluding steroid dienone is 1. The van der Waals surface area contributed by atoms with Gasteiger partial charge in [0, 0.05) is 36.3 Å². The van der Waals surface area contributed by atoms with Gasteiger partial charge in [0.2, 0.25) is 0 Å². The van der Waals surface area contributed by atoms with Crippen LogP contribution in [0.5, 0.6) is 0 Å². The number of nitrogens with one attached hydrogen (secondary N) is 2. The predicted molar refractivity (Wildman–Crippen MR) is 119 cm³/mol.